The number of methoxy groups -OCH3 is 1. The molecule has 0 spiro atoms. The lowest BCUT2D eigenvalue weighted by atomic mass is 10.2. The highest BCUT2D eigenvalue weighted by Gasteiger charge is 2.33. The largest absolute Gasteiger partial charge is 0.495 e. The number of rotatable bonds is 4. The van der Waals surface area contributed by atoms with Crippen LogP contribution in [0.1, 0.15) is 12.0 Å². The van der Waals surface area contributed by atoms with Gasteiger partial charge in [0.1, 0.15) is 11.8 Å². The molecule has 0 aromatic heterocycles. The van der Waals surface area contributed by atoms with Gasteiger partial charge < -0.3 is 20.3 Å². The third-order valence-corrected chi connectivity index (χ3v) is 4.21. The van der Waals surface area contributed by atoms with E-state index in [0.717, 1.165) is 11.3 Å². The molecule has 0 bridgehead atoms. The van der Waals surface area contributed by atoms with Crippen LogP contribution in [0.5, 0.6) is 5.75 Å². The van der Waals surface area contributed by atoms with Gasteiger partial charge in [-0.05, 0) is 37.6 Å². The van der Waals surface area contributed by atoms with Crippen molar-refractivity contribution < 1.29 is 14.3 Å². The minimum Gasteiger partial charge on any atom is -0.495 e. The van der Waals surface area contributed by atoms with Gasteiger partial charge in [-0.15, -0.1) is 0 Å². The van der Waals surface area contributed by atoms with Gasteiger partial charge in [-0.2, -0.15) is 0 Å². The molecule has 6 nitrogen and oxygen atoms in total. The molecule has 2 N–H and O–H groups in total. The maximum absolute atomic E-state index is 12.6. The average Bonchev–Trinajstić information content (AvgIpc) is 2.97. The first-order valence-corrected chi connectivity index (χ1v) is 8.17. The number of carbonyl (C=O) groups excluding carboxylic acids is 2. The lowest BCUT2D eigenvalue weighted by Gasteiger charge is -2.18. The summed E-state index contributed by atoms with van der Waals surface area (Å²) in [4.78, 5) is 26.5. The predicted octanol–water partition coefficient (Wildman–Crippen LogP) is 2.93. The average molecular weight is 339 g/mol. The Labute approximate surface area is 146 Å². The van der Waals surface area contributed by atoms with E-state index in [4.69, 9.17) is 4.74 Å². The molecule has 1 saturated heterocycles. The van der Waals surface area contributed by atoms with E-state index in [2.05, 4.69) is 10.6 Å². The van der Waals surface area contributed by atoms with Crippen LogP contribution in [0.25, 0.3) is 0 Å². The van der Waals surface area contributed by atoms with Crippen molar-refractivity contribution in [3.8, 4) is 5.75 Å². The van der Waals surface area contributed by atoms with Crippen molar-refractivity contribution in [3.63, 3.8) is 0 Å². The van der Waals surface area contributed by atoms with Crippen molar-refractivity contribution in [3.05, 3.63) is 54.1 Å². The van der Waals surface area contributed by atoms with Crippen molar-refractivity contribution in [1.82, 2.24) is 5.32 Å². The lowest BCUT2D eigenvalue weighted by molar-refractivity contribution is -0.118. The molecular weight excluding hydrogens is 318 g/mol. The van der Waals surface area contributed by atoms with E-state index in [-0.39, 0.29) is 5.91 Å². The summed E-state index contributed by atoms with van der Waals surface area (Å²) in [6, 6.07) is 14.0. The summed E-state index contributed by atoms with van der Waals surface area (Å²) in [6.07, 6.45) is 0.575. The first kappa shape index (κ1) is 16.8. The van der Waals surface area contributed by atoms with E-state index >= 15 is 0 Å². The van der Waals surface area contributed by atoms with Crippen LogP contribution in [-0.4, -0.2) is 31.6 Å². The van der Waals surface area contributed by atoms with E-state index in [1.807, 2.05) is 37.3 Å². The van der Waals surface area contributed by atoms with Gasteiger partial charge in [0, 0.05) is 12.2 Å². The zero-order valence-electron chi connectivity index (χ0n) is 14.3. The van der Waals surface area contributed by atoms with Gasteiger partial charge in [-0.1, -0.05) is 29.8 Å². The van der Waals surface area contributed by atoms with E-state index in [9.17, 15) is 9.59 Å². The molecule has 3 rings (SSSR count). The van der Waals surface area contributed by atoms with Crippen LogP contribution in [0.4, 0.5) is 16.2 Å². The van der Waals surface area contributed by atoms with Crippen molar-refractivity contribution >= 4 is 23.3 Å². The predicted molar refractivity (Wildman–Crippen MR) is 97.1 cm³/mol. The van der Waals surface area contributed by atoms with Crippen LogP contribution in [0.15, 0.2) is 48.5 Å². The Morgan fingerprint density at radius 1 is 1.16 bits per heavy atom. The number of urea groups is 1. The first-order valence-electron chi connectivity index (χ1n) is 8.17. The highest BCUT2D eigenvalue weighted by Crippen LogP contribution is 2.24. The van der Waals surface area contributed by atoms with Gasteiger partial charge in [-0.3, -0.25) is 4.79 Å². The second kappa shape index (κ2) is 7.25. The molecule has 0 radical (unpaired) electrons. The summed E-state index contributed by atoms with van der Waals surface area (Å²) in [5.74, 6) is 0.468. The number of hydrogen-bond donors (Lipinski definition) is 2. The fraction of sp³-hybridized carbons (Fsp3) is 0.263. The quantitative estimate of drug-likeness (QED) is 0.900. The van der Waals surface area contributed by atoms with Crippen molar-refractivity contribution in [2.24, 2.45) is 0 Å². The Balaban J connectivity index is 1.62. The van der Waals surface area contributed by atoms with Crippen molar-refractivity contribution in [2.75, 3.05) is 23.9 Å². The Kier molecular flexibility index (Phi) is 4.88. The van der Waals surface area contributed by atoms with E-state index in [1.54, 1.807) is 30.2 Å². The fourth-order valence-electron chi connectivity index (χ4n) is 2.86. The minimum atomic E-state index is -0.531. The smallest absolute Gasteiger partial charge is 0.319 e. The molecular formula is C19H21N3O3. The maximum atomic E-state index is 12.6. The number of nitrogens with one attached hydrogen (secondary N) is 2. The van der Waals surface area contributed by atoms with Gasteiger partial charge >= 0.3 is 6.03 Å². The van der Waals surface area contributed by atoms with Gasteiger partial charge in [-0.25, -0.2) is 4.79 Å². The van der Waals surface area contributed by atoms with Crippen LogP contribution in [-0.2, 0) is 4.79 Å². The molecule has 0 saturated carbocycles. The summed E-state index contributed by atoms with van der Waals surface area (Å²) in [6.45, 7) is 2.59. The minimum absolute atomic E-state index is 0.0981. The lowest BCUT2D eigenvalue weighted by Crippen LogP contribution is -2.43. The Morgan fingerprint density at radius 3 is 2.60 bits per heavy atom. The number of para-hydroxylation sites is 2. The Hall–Kier alpha value is -3.02. The van der Waals surface area contributed by atoms with Crippen molar-refractivity contribution in [2.45, 2.75) is 19.4 Å². The molecule has 2 aromatic rings. The number of anilines is 2. The summed E-state index contributed by atoms with van der Waals surface area (Å²) in [5.41, 5.74) is 2.55. The van der Waals surface area contributed by atoms with Crippen LogP contribution >= 0.6 is 0 Å². The molecule has 130 valence electrons. The van der Waals surface area contributed by atoms with Crippen molar-refractivity contribution in [1.29, 1.82) is 0 Å². The third-order valence-electron chi connectivity index (χ3n) is 4.21. The molecule has 25 heavy (non-hydrogen) atoms. The van der Waals surface area contributed by atoms with Crippen LogP contribution in [0.2, 0.25) is 0 Å². The van der Waals surface area contributed by atoms with Gasteiger partial charge in [0.2, 0.25) is 5.91 Å². The molecule has 1 atom stereocenters. The number of aryl methyl sites for hydroxylation is 1. The van der Waals surface area contributed by atoms with E-state index < -0.39 is 12.1 Å². The second-order valence-electron chi connectivity index (χ2n) is 5.97. The number of amides is 3. The summed E-state index contributed by atoms with van der Waals surface area (Å²) < 4.78 is 5.20. The summed E-state index contributed by atoms with van der Waals surface area (Å²) in [7, 11) is 1.54. The molecule has 3 amide bonds. The number of hydrogen-bond acceptors (Lipinski definition) is 3. The first-order chi connectivity index (χ1) is 12.1. The van der Waals surface area contributed by atoms with Crippen LogP contribution in [0.3, 0.4) is 0 Å². The third kappa shape index (κ3) is 3.74. The van der Waals surface area contributed by atoms with E-state index in [1.165, 1.54) is 0 Å². The van der Waals surface area contributed by atoms with Gasteiger partial charge in [0.05, 0.1) is 12.8 Å². The standard InChI is InChI=1S/C19H21N3O3/c1-13-7-9-14(10-8-13)22-12-11-16(18(22)23)21-19(24)20-15-5-3-4-6-17(15)25-2/h3-10,16H,11-12H2,1-2H3,(H2,20,21,24)/t16-/m0/s1. The Morgan fingerprint density at radius 2 is 1.88 bits per heavy atom. The number of benzene rings is 2. The number of ether oxygens (including phenoxy) is 1. The highest BCUT2D eigenvalue weighted by molar-refractivity contribution is 6.02. The molecule has 1 heterocycles. The number of carbonyl (C=O) groups is 2. The van der Waals surface area contributed by atoms with Crippen LogP contribution < -0.4 is 20.3 Å². The molecule has 1 aliphatic heterocycles. The molecule has 6 heteroatoms. The second-order valence-corrected chi connectivity index (χ2v) is 5.97. The van der Waals surface area contributed by atoms with Gasteiger partial charge in [0.25, 0.3) is 0 Å². The topological polar surface area (TPSA) is 70.7 Å². The normalized spacial score (nSPS) is 16.6. The monoisotopic (exact) mass is 339 g/mol. The van der Waals surface area contributed by atoms with Crippen LogP contribution in [0, 0.1) is 6.92 Å². The van der Waals surface area contributed by atoms with E-state index in [0.29, 0.717) is 24.4 Å². The SMILES string of the molecule is COc1ccccc1NC(=O)N[C@H]1CCN(c2ccc(C)cc2)C1=O. The summed E-state index contributed by atoms with van der Waals surface area (Å²) in [5, 5.41) is 5.47. The maximum Gasteiger partial charge on any atom is 0.319 e. The highest BCUT2D eigenvalue weighted by atomic mass is 16.5. The zero-order valence-corrected chi connectivity index (χ0v) is 14.3. The molecule has 1 fully saturated rings. The summed E-state index contributed by atoms with van der Waals surface area (Å²) >= 11 is 0. The molecule has 0 unspecified atom stereocenters. The molecule has 2 aromatic carbocycles. The molecule has 1 aliphatic rings. The number of nitrogens with zero attached hydrogens (tertiary/aromatic N) is 1. The molecule has 0 aliphatic carbocycles. The Bertz CT molecular complexity index is 774. The van der Waals surface area contributed by atoms with Gasteiger partial charge in [0.15, 0.2) is 0 Å². The zero-order chi connectivity index (χ0) is 17.8. The fourth-order valence-corrected chi connectivity index (χ4v) is 2.86.